The van der Waals surface area contributed by atoms with Gasteiger partial charge < -0.3 is 18.8 Å². The molecule has 0 bridgehead atoms. The van der Waals surface area contributed by atoms with Crippen LogP contribution in [-0.2, 0) is 14.6 Å². The molecule has 33 heavy (non-hydrogen) atoms. The zero-order valence-electron chi connectivity index (χ0n) is 18.5. The number of fused-ring (bicyclic) bond motifs is 2. The van der Waals surface area contributed by atoms with Crippen molar-refractivity contribution in [1.82, 2.24) is 19.6 Å². The summed E-state index contributed by atoms with van der Waals surface area (Å²) in [5, 5.41) is 5.44. The Morgan fingerprint density at radius 1 is 1.24 bits per heavy atom. The van der Waals surface area contributed by atoms with E-state index in [9.17, 15) is 8.42 Å². The van der Waals surface area contributed by atoms with Crippen LogP contribution in [0.2, 0.25) is 0 Å². The summed E-state index contributed by atoms with van der Waals surface area (Å²) in [6.07, 6.45) is 5.20. The molecule has 1 atom stereocenters. The van der Waals surface area contributed by atoms with Gasteiger partial charge in [0.1, 0.15) is 26.9 Å². The van der Waals surface area contributed by atoms with Crippen LogP contribution in [0.25, 0.3) is 28.1 Å². The van der Waals surface area contributed by atoms with Gasteiger partial charge in [-0.15, -0.1) is 5.10 Å². The molecule has 0 unspecified atom stereocenters. The Kier molecular flexibility index (Phi) is 5.67. The average molecular weight is 472 g/mol. The number of anilines is 1. The van der Waals surface area contributed by atoms with Crippen LogP contribution < -0.4 is 9.64 Å². The van der Waals surface area contributed by atoms with Gasteiger partial charge in [-0.2, -0.15) is 0 Å². The minimum atomic E-state index is -3.02. The van der Waals surface area contributed by atoms with Gasteiger partial charge in [0.15, 0.2) is 11.4 Å². The van der Waals surface area contributed by atoms with E-state index < -0.39 is 9.84 Å². The Balaban J connectivity index is 1.44. The van der Waals surface area contributed by atoms with Gasteiger partial charge in [0.25, 0.3) is 0 Å². The van der Waals surface area contributed by atoms with E-state index in [0.29, 0.717) is 36.0 Å². The monoisotopic (exact) mass is 471 g/mol. The number of morpholine rings is 1. The second-order valence-electron chi connectivity index (χ2n) is 8.20. The fourth-order valence-electron chi connectivity index (χ4n) is 3.94. The van der Waals surface area contributed by atoms with E-state index in [1.165, 1.54) is 6.26 Å². The Hall–Kier alpha value is -3.18. The molecule has 10 nitrogen and oxygen atoms in total. The first-order chi connectivity index (χ1) is 15.9. The van der Waals surface area contributed by atoms with Crippen LogP contribution in [0.4, 0.5) is 5.82 Å². The second kappa shape index (κ2) is 8.64. The summed E-state index contributed by atoms with van der Waals surface area (Å²) in [5.41, 5.74) is 2.07. The quantitative estimate of drug-likeness (QED) is 0.375. The van der Waals surface area contributed by atoms with Crippen LogP contribution in [0.3, 0.4) is 0 Å². The molecule has 4 aromatic heterocycles. The van der Waals surface area contributed by atoms with Crippen molar-refractivity contribution in [2.24, 2.45) is 0 Å². The topological polar surface area (TPSA) is 112 Å². The molecule has 1 saturated heterocycles. The summed E-state index contributed by atoms with van der Waals surface area (Å²) in [6, 6.07) is 7.32. The highest BCUT2D eigenvalue weighted by Gasteiger charge is 2.22. The maximum atomic E-state index is 11.3. The van der Waals surface area contributed by atoms with Crippen molar-refractivity contribution in [2.75, 3.05) is 43.2 Å². The van der Waals surface area contributed by atoms with Crippen LogP contribution >= 0.6 is 0 Å². The fourth-order valence-corrected chi connectivity index (χ4v) is 4.58. The van der Waals surface area contributed by atoms with Gasteiger partial charge in [-0.1, -0.05) is 0 Å². The summed E-state index contributed by atoms with van der Waals surface area (Å²) in [4.78, 5) is 11.2. The zero-order chi connectivity index (χ0) is 23.0. The van der Waals surface area contributed by atoms with Crippen molar-refractivity contribution >= 4 is 32.3 Å². The molecular formula is C22H25N5O5S. The van der Waals surface area contributed by atoms with E-state index in [1.807, 2.05) is 12.1 Å². The first-order valence-corrected chi connectivity index (χ1v) is 12.8. The molecule has 1 aliphatic heterocycles. The molecule has 5 rings (SSSR count). The summed E-state index contributed by atoms with van der Waals surface area (Å²) >= 11 is 0. The van der Waals surface area contributed by atoms with E-state index in [4.69, 9.17) is 13.9 Å². The lowest BCUT2D eigenvalue weighted by Crippen LogP contribution is -2.41. The standard InChI is InChI=1S/C22H25N5O5S/c1-15-14-26(8-10-30-15)22-16-12-19(32-18(16)6-7-23-22)17-13-24-20-4-5-21(25-27(17)20)31-9-3-11-33(2,28)29/h4-7,12-13,15H,3,8-11,14H2,1-2H3/t15-/m0/s1. The van der Waals surface area contributed by atoms with E-state index in [2.05, 4.69) is 26.9 Å². The summed E-state index contributed by atoms with van der Waals surface area (Å²) in [5.74, 6) is 1.95. The summed E-state index contributed by atoms with van der Waals surface area (Å²) in [7, 11) is -3.02. The molecule has 0 amide bonds. The SMILES string of the molecule is C[C@H]1CN(c2nccc3oc(-c4cnc5ccc(OCCCS(C)(=O)=O)nn45)cc23)CCO1. The molecule has 4 aromatic rings. The molecule has 0 saturated carbocycles. The number of sulfone groups is 1. The van der Waals surface area contributed by atoms with Crippen LogP contribution in [0.15, 0.2) is 41.1 Å². The number of hydrogen-bond acceptors (Lipinski definition) is 9. The number of imidazole rings is 1. The van der Waals surface area contributed by atoms with Crippen LogP contribution in [0.1, 0.15) is 13.3 Å². The van der Waals surface area contributed by atoms with Crippen LogP contribution in [0, 0.1) is 0 Å². The van der Waals surface area contributed by atoms with Crippen molar-refractivity contribution in [3.8, 4) is 17.3 Å². The maximum Gasteiger partial charge on any atom is 0.231 e. The van der Waals surface area contributed by atoms with Gasteiger partial charge in [0, 0.05) is 31.6 Å². The Morgan fingerprint density at radius 3 is 2.94 bits per heavy atom. The molecule has 0 aromatic carbocycles. The average Bonchev–Trinajstić information content (AvgIpc) is 3.39. The summed E-state index contributed by atoms with van der Waals surface area (Å²) < 4.78 is 41.7. The molecule has 1 fully saturated rings. The van der Waals surface area contributed by atoms with Crippen LogP contribution in [-0.4, -0.2) is 72.4 Å². The number of hydrogen-bond donors (Lipinski definition) is 0. The van der Waals surface area contributed by atoms with Gasteiger partial charge in [-0.05, 0) is 31.5 Å². The van der Waals surface area contributed by atoms with Gasteiger partial charge in [-0.3, -0.25) is 0 Å². The van der Waals surface area contributed by atoms with Crippen molar-refractivity contribution < 1.29 is 22.3 Å². The van der Waals surface area contributed by atoms with Crippen molar-refractivity contribution in [1.29, 1.82) is 0 Å². The van der Waals surface area contributed by atoms with Crippen LogP contribution in [0.5, 0.6) is 5.88 Å². The zero-order valence-corrected chi connectivity index (χ0v) is 19.3. The van der Waals surface area contributed by atoms with Gasteiger partial charge in [0.2, 0.25) is 5.88 Å². The Labute approximate surface area is 191 Å². The van der Waals surface area contributed by atoms with E-state index >= 15 is 0 Å². The number of pyridine rings is 1. The summed E-state index contributed by atoms with van der Waals surface area (Å²) in [6.45, 7) is 4.51. The Bertz CT molecular complexity index is 1400. The molecule has 11 heteroatoms. The predicted molar refractivity (Wildman–Crippen MR) is 123 cm³/mol. The number of rotatable bonds is 7. The number of furan rings is 1. The number of nitrogens with zero attached hydrogens (tertiary/aromatic N) is 5. The lowest BCUT2D eigenvalue weighted by Gasteiger charge is -2.32. The Morgan fingerprint density at radius 2 is 2.12 bits per heavy atom. The third-order valence-corrected chi connectivity index (χ3v) is 6.50. The lowest BCUT2D eigenvalue weighted by molar-refractivity contribution is 0.0530. The van der Waals surface area contributed by atoms with Gasteiger partial charge in [-0.25, -0.2) is 22.9 Å². The highest BCUT2D eigenvalue weighted by Crippen LogP contribution is 2.33. The van der Waals surface area contributed by atoms with Crippen molar-refractivity contribution in [2.45, 2.75) is 19.4 Å². The largest absolute Gasteiger partial charge is 0.477 e. The predicted octanol–water partition coefficient (Wildman–Crippen LogP) is 2.58. The van der Waals surface area contributed by atoms with Crippen molar-refractivity contribution in [3.63, 3.8) is 0 Å². The molecule has 0 spiro atoms. The molecule has 1 aliphatic rings. The van der Waals surface area contributed by atoms with Gasteiger partial charge in [0.05, 0.1) is 36.7 Å². The third-order valence-electron chi connectivity index (χ3n) is 5.46. The normalized spacial score (nSPS) is 17.2. The minimum absolute atomic E-state index is 0.0723. The number of ether oxygens (including phenoxy) is 2. The fraction of sp³-hybridized carbons (Fsp3) is 0.409. The first-order valence-electron chi connectivity index (χ1n) is 10.8. The minimum Gasteiger partial charge on any atom is -0.477 e. The number of aromatic nitrogens is 4. The molecule has 0 N–H and O–H groups in total. The molecule has 174 valence electrons. The lowest BCUT2D eigenvalue weighted by atomic mass is 10.2. The van der Waals surface area contributed by atoms with E-state index in [1.54, 1.807) is 29.0 Å². The highest BCUT2D eigenvalue weighted by atomic mass is 32.2. The van der Waals surface area contributed by atoms with Crippen molar-refractivity contribution in [3.05, 3.63) is 36.7 Å². The molecular weight excluding hydrogens is 446 g/mol. The van der Waals surface area contributed by atoms with E-state index in [0.717, 1.165) is 29.9 Å². The third kappa shape index (κ3) is 4.64. The van der Waals surface area contributed by atoms with Gasteiger partial charge >= 0.3 is 0 Å². The molecule has 5 heterocycles. The second-order valence-corrected chi connectivity index (χ2v) is 10.5. The van der Waals surface area contributed by atoms with E-state index in [-0.39, 0.29) is 18.5 Å². The first kappa shape index (κ1) is 21.7. The molecule has 0 aliphatic carbocycles. The highest BCUT2D eigenvalue weighted by molar-refractivity contribution is 7.90. The smallest absolute Gasteiger partial charge is 0.231 e. The maximum absolute atomic E-state index is 11.3. The molecule has 0 radical (unpaired) electrons.